The molecular formula is C9H8BrFO2. The minimum Gasteiger partial charge on any atom is -0.346 e. The van der Waals surface area contributed by atoms with E-state index in [4.69, 9.17) is 9.47 Å². The zero-order valence-corrected chi connectivity index (χ0v) is 8.38. The SMILES string of the molecule is Fc1ccc(Br)c(C2OCCO2)c1. The summed E-state index contributed by atoms with van der Waals surface area (Å²) in [5.74, 6) is -0.280. The predicted molar refractivity (Wildman–Crippen MR) is 48.7 cm³/mol. The Morgan fingerprint density at radius 3 is 2.69 bits per heavy atom. The number of halogens is 2. The van der Waals surface area contributed by atoms with Crippen LogP contribution in [-0.4, -0.2) is 13.2 Å². The van der Waals surface area contributed by atoms with Crippen molar-refractivity contribution in [2.75, 3.05) is 13.2 Å². The minimum atomic E-state index is -0.426. The third kappa shape index (κ3) is 1.90. The highest BCUT2D eigenvalue weighted by atomic mass is 79.9. The molecule has 0 bridgehead atoms. The second-order valence-electron chi connectivity index (χ2n) is 2.74. The molecule has 1 aliphatic heterocycles. The van der Waals surface area contributed by atoms with Crippen LogP contribution in [0, 0.1) is 5.82 Å². The van der Waals surface area contributed by atoms with Crippen molar-refractivity contribution in [2.45, 2.75) is 6.29 Å². The molecule has 0 aromatic heterocycles. The first-order valence-electron chi connectivity index (χ1n) is 3.95. The highest BCUT2D eigenvalue weighted by Crippen LogP contribution is 2.30. The molecule has 0 amide bonds. The van der Waals surface area contributed by atoms with Crippen LogP contribution < -0.4 is 0 Å². The van der Waals surface area contributed by atoms with Gasteiger partial charge in [0.05, 0.1) is 13.2 Å². The first-order valence-corrected chi connectivity index (χ1v) is 4.75. The van der Waals surface area contributed by atoms with Crippen molar-refractivity contribution < 1.29 is 13.9 Å². The van der Waals surface area contributed by atoms with Gasteiger partial charge in [0, 0.05) is 10.0 Å². The molecule has 0 aliphatic carbocycles. The zero-order chi connectivity index (χ0) is 9.26. The average molecular weight is 247 g/mol. The fourth-order valence-electron chi connectivity index (χ4n) is 1.23. The van der Waals surface area contributed by atoms with E-state index in [1.807, 2.05) is 0 Å². The Labute approximate surface area is 83.8 Å². The van der Waals surface area contributed by atoms with E-state index in [2.05, 4.69) is 15.9 Å². The Balaban J connectivity index is 2.32. The summed E-state index contributed by atoms with van der Waals surface area (Å²) in [5, 5.41) is 0. The van der Waals surface area contributed by atoms with Gasteiger partial charge in [0.1, 0.15) is 5.82 Å². The summed E-state index contributed by atoms with van der Waals surface area (Å²) in [5.41, 5.74) is 0.706. The van der Waals surface area contributed by atoms with Gasteiger partial charge in [-0.3, -0.25) is 0 Å². The van der Waals surface area contributed by atoms with Gasteiger partial charge in [0.25, 0.3) is 0 Å². The van der Waals surface area contributed by atoms with Crippen molar-refractivity contribution in [3.05, 3.63) is 34.1 Å². The Hall–Kier alpha value is -0.450. The average Bonchev–Trinajstić information content (AvgIpc) is 2.61. The van der Waals surface area contributed by atoms with Crippen LogP contribution >= 0.6 is 15.9 Å². The maximum Gasteiger partial charge on any atom is 0.185 e. The highest BCUT2D eigenvalue weighted by molar-refractivity contribution is 9.10. The summed E-state index contributed by atoms with van der Waals surface area (Å²) in [6, 6.07) is 4.46. The molecule has 2 nitrogen and oxygen atoms in total. The summed E-state index contributed by atoms with van der Waals surface area (Å²) < 4.78 is 24.2. The Morgan fingerprint density at radius 1 is 1.31 bits per heavy atom. The molecule has 1 saturated heterocycles. The topological polar surface area (TPSA) is 18.5 Å². The van der Waals surface area contributed by atoms with Crippen LogP contribution in [0.1, 0.15) is 11.9 Å². The molecule has 1 fully saturated rings. The molecule has 1 heterocycles. The summed E-state index contributed by atoms with van der Waals surface area (Å²) in [6.45, 7) is 1.13. The summed E-state index contributed by atoms with van der Waals surface area (Å²) >= 11 is 3.31. The second kappa shape index (κ2) is 3.74. The van der Waals surface area contributed by atoms with E-state index < -0.39 is 6.29 Å². The van der Waals surface area contributed by atoms with E-state index in [0.29, 0.717) is 18.8 Å². The Morgan fingerprint density at radius 2 is 2.00 bits per heavy atom. The maximum absolute atomic E-state index is 12.9. The van der Waals surface area contributed by atoms with Crippen molar-refractivity contribution >= 4 is 15.9 Å². The van der Waals surface area contributed by atoms with Gasteiger partial charge in [-0.1, -0.05) is 15.9 Å². The van der Waals surface area contributed by atoms with E-state index in [0.717, 1.165) is 4.47 Å². The Kier molecular flexibility index (Phi) is 2.62. The number of rotatable bonds is 1. The molecule has 0 spiro atoms. The third-order valence-corrected chi connectivity index (χ3v) is 2.56. The first kappa shape index (κ1) is 9.12. The fourth-order valence-corrected chi connectivity index (χ4v) is 1.67. The predicted octanol–water partition coefficient (Wildman–Crippen LogP) is 2.63. The van der Waals surface area contributed by atoms with Crippen molar-refractivity contribution in [3.8, 4) is 0 Å². The molecule has 2 rings (SSSR count). The molecule has 0 saturated carbocycles. The summed E-state index contributed by atoms with van der Waals surface area (Å²) in [7, 11) is 0. The van der Waals surface area contributed by atoms with E-state index in [1.54, 1.807) is 6.07 Å². The Bertz CT molecular complexity index is 310. The lowest BCUT2D eigenvalue weighted by atomic mass is 10.2. The number of ether oxygens (including phenoxy) is 2. The summed E-state index contributed by atoms with van der Waals surface area (Å²) in [6.07, 6.45) is -0.426. The molecule has 1 aromatic rings. The minimum absolute atomic E-state index is 0.280. The molecule has 0 unspecified atom stereocenters. The zero-order valence-electron chi connectivity index (χ0n) is 6.80. The van der Waals surface area contributed by atoms with Gasteiger partial charge in [0.2, 0.25) is 0 Å². The molecule has 4 heteroatoms. The fraction of sp³-hybridized carbons (Fsp3) is 0.333. The molecule has 0 N–H and O–H groups in total. The number of hydrogen-bond donors (Lipinski definition) is 0. The molecular weight excluding hydrogens is 239 g/mol. The molecule has 1 aliphatic rings. The largest absolute Gasteiger partial charge is 0.346 e. The molecule has 0 atom stereocenters. The van der Waals surface area contributed by atoms with Crippen LogP contribution in [0.2, 0.25) is 0 Å². The maximum atomic E-state index is 12.9. The lowest BCUT2D eigenvalue weighted by molar-refractivity contribution is -0.0448. The highest BCUT2D eigenvalue weighted by Gasteiger charge is 2.20. The van der Waals surface area contributed by atoms with Crippen LogP contribution in [0.4, 0.5) is 4.39 Å². The second-order valence-corrected chi connectivity index (χ2v) is 3.59. The van der Waals surface area contributed by atoms with Crippen molar-refractivity contribution in [1.29, 1.82) is 0 Å². The van der Waals surface area contributed by atoms with Crippen LogP contribution in [0.3, 0.4) is 0 Å². The number of hydrogen-bond acceptors (Lipinski definition) is 2. The van der Waals surface area contributed by atoms with Crippen molar-refractivity contribution in [1.82, 2.24) is 0 Å². The van der Waals surface area contributed by atoms with Gasteiger partial charge < -0.3 is 9.47 Å². The van der Waals surface area contributed by atoms with E-state index in [1.165, 1.54) is 12.1 Å². The lowest BCUT2D eigenvalue weighted by Crippen LogP contribution is -1.99. The first-order chi connectivity index (χ1) is 6.27. The van der Waals surface area contributed by atoms with Crippen LogP contribution in [0.5, 0.6) is 0 Å². The third-order valence-electron chi connectivity index (χ3n) is 1.83. The standard InChI is InChI=1S/C9H8BrFO2/c10-8-2-1-6(11)5-7(8)9-12-3-4-13-9/h1-2,5,9H,3-4H2. The van der Waals surface area contributed by atoms with Crippen LogP contribution in [0.25, 0.3) is 0 Å². The van der Waals surface area contributed by atoms with E-state index in [-0.39, 0.29) is 5.82 Å². The molecule has 70 valence electrons. The van der Waals surface area contributed by atoms with Crippen molar-refractivity contribution in [3.63, 3.8) is 0 Å². The van der Waals surface area contributed by atoms with Crippen LogP contribution in [0.15, 0.2) is 22.7 Å². The van der Waals surface area contributed by atoms with Gasteiger partial charge >= 0.3 is 0 Å². The normalized spacial score (nSPS) is 18.0. The molecule has 1 aromatic carbocycles. The number of benzene rings is 1. The van der Waals surface area contributed by atoms with E-state index >= 15 is 0 Å². The van der Waals surface area contributed by atoms with Gasteiger partial charge in [0.15, 0.2) is 6.29 Å². The van der Waals surface area contributed by atoms with Crippen molar-refractivity contribution in [2.24, 2.45) is 0 Å². The molecule has 0 radical (unpaired) electrons. The van der Waals surface area contributed by atoms with Gasteiger partial charge in [-0.15, -0.1) is 0 Å². The smallest absolute Gasteiger partial charge is 0.185 e. The monoisotopic (exact) mass is 246 g/mol. The van der Waals surface area contributed by atoms with Gasteiger partial charge in [-0.05, 0) is 18.2 Å². The van der Waals surface area contributed by atoms with E-state index in [9.17, 15) is 4.39 Å². The molecule has 13 heavy (non-hydrogen) atoms. The van der Waals surface area contributed by atoms with Gasteiger partial charge in [-0.2, -0.15) is 0 Å². The quantitative estimate of drug-likeness (QED) is 0.759. The van der Waals surface area contributed by atoms with Gasteiger partial charge in [-0.25, -0.2) is 4.39 Å². The summed E-state index contributed by atoms with van der Waals surface area (Å²) in [4.78, 5) is 0. The lowest BCUT2D eigenvalue weighted by Gasteiger charge is -2.10. The van der Waals surface area contributed by atoms with Crippen LogP contribution in [-0.2, 0) is 9.47 Å².